The average Bonchev–Trinajstić information content (AvgIpc) is 1.98. The summed E-state index contributed by atoms with van der Waals surface area (Å²) >= 11 is 0. The molecule has 0 fully saturated rings. The van der Waals surface area contributed by atoms with Crippen LogP contribution in [0, 0.1) is 0 Å². The zero-order valence-electron chi connectivity index (χ0n) is 6.59. The van der Waals surface area contributed by atoms with Crippen LogP contribution in [0.4, 0.5) is 0 Å². The molecule has 10 heavy (non-hydrogen) atoms. The van der Waals surface area contributed by atoms with E-state index in [4.69, 9.17) is 5.73 Å². The summed E-state index contributed by atoms with van der Waals surface area (Å²) < 4.78 is 0. The van der Waals surface area contributed by atoms with Crippen LogP contribution in [0.3, 0.4) is 0 Å². The van der Waals surface area contributed by atoms with E-state index < -0.39 is 0 Å². The minimum atomic E-state index is 0.778. The lowest BCUT2D eigenvalue weighted by Crippen LogP contribution is -2.12. The second-order valence-corrected chi connectivity index (χ2v) is 1.90. The Morgan fingerprint density at radius 3 is 2.80 bits per heavy atom. The summed E-state index contributed by atoms with van der Waals surface area (Å²) in [5, 5.41) is 2.99. The summed E-state index contributed by atoms with van der Waals surface area (Å²) in [5.74, 6) is 0. The fourth-order valence-electron chi connectivity index (χ4n) is 0.560. The van der Waals surface area contributed by atoms with Gasteiger partial charge in [0.25, 0.3) is 0 Å². The average molecular weight is 141 g/mol. The molecule has 3 nitrogen and oxygen atoms in total. The SMILES string of the molecule is CCN=C/C(=C\N)CNC. The number of rotatable bonds is 4. The van der Waals surface area contributed by atoms with Gasteiger partial charge in [-0.3, -0.25) is 4.99 Å². The van der Waals surface area contributed by atoms with Crippen LogP contribution in [0.15, 0.2) is 16.8 Å². The second kappa shape index (κ2) is 6.29. The molecular formula is C7H15N3. The Bertz CT molecular complexity index is 127. The molecule has 3 N–H and O–H groups in total. The van der Waals surface area contributed by atoms with E-state index in [2.05, 4.69) is 10.3 Å². The normalized spacial score (nSPS) is 12.8. The van der Waals surface area contributed by atoms with Crippen LogP contribution in [0.5, 0.6) is 0 Å². The smallest absolute Gasteiger partial charge is 0.0361 e. The minimum absolute atomic E-state index is 0.778. The highest BCUT2D eigenvalue weighted by Gasteiger charge is 1.86. The van der Waals surface area contributed by atoms with Gasteiger partial charge in [-0.1, -0.05) is 0 Å². The monoisotopic (exact) mass is 141 g/mol. The van der Waals surface area contributed by atoms with Gasteiger partial charge >= 0.3 is 0 Å². The Labute approximate surface area is 62.0 Å². The van der Waals surface area contributed by atoms with Gasteiger partial charge in [-0.15, -0.1) is 0 Å². The first-order valence-corrected chi connectivity index (χ1v) is 3.40. The van der Waals surface area contributed by atoms with E-state index in [1.54, 1.807) is 12.4 Å². The van der Waals surface area contributed by atoms with Gasteiger partial charge in [0.05, 0.1) is 0 Å². The maximum Gasteiger partial charge on any atom is 0.0361 e. The van der Waals surface area contributed by atoms with Gasteiger partial charge in [0.1, 0.15) is 0 Å². The Morgan fingerprint density at radius 2 is 2.40 bits per heavy atom. The maximum absolute atomic E-state index is 5.31. The standard InChI is InChI=1S/C7H15N3/c1-3-10-6-7(4-8)5-9-2/h4,6,9H,3,5,8H2,1-2H3/b7-4-,10-6?. The van der Waals surface area contributed by atoms with Crippen LogP contribution in [-0.2, 0) is 0 Å². The van der Waals surface area contributed by atoms with Gasteiger partial charge in [-0.05, 0) is 25.7 Å². The van der Waals surface area contributed by atoms with Crippen LogP contribution in [0.25, 0.3) is 0 Å². The Balaban J connectivity index is 3.72. The molecule has 0 aromatic rings. The molecule has 0 spiro atoms. The van der Waals surface area contributed by atoms with Gasteiger partial charge in [0, 0.05) is 19.3 Å². The van der Waals surface area contributed by atoms with E-state index in [0.717, 1.165) is 18.7 Å². The van der Waals surface area contributed by atoms with Crippen LogP contribution in [-0.4, -0.2) is 26.4 Å². The molecule has 0 atom stereocenters. The molecule has 3 heteroatoms. The largest absolute Gasteiger partial charge is 0.404 e. The van der Waals surface area contributed by atoms with Gasteiger partial charge in [-0.2, -0.15) is 0 Å². The van der Waals surface area contributed by atoms with Crippen molar-refractivity contribution in [1.29, 1.82) is 0 Å². The van der Waals surface area contributed by atoms with E-state index in [1.807, 2.05) is 14.0 Å². The first-order valence-electron chi connectivity index (χ1n) is 3.40. The predicted molar refractivity (Wildman–Crippen MR) is 45.2 cm³/mol. The Morgan fingerprint density at radius 1 is 1.70 bits per heavy atom. The lowest BCUT2D eigenvalue weighted by molar-refractivity contribution is 0.901. The molecule has 0 aromatic carbocycles. The fourth-order valence-corrected chi connectivity index (χ4v) is 0.560. The van der Waals surface area contributed by atoms with Crippen molar-refractivity contribution in [2.45, 2.75) is 6.92 Å². The van der Waals surface area contributed by atoms with Crippen LogP contribution in [0.1, 0.15) is 6.92 Å². The molecule has 0 saturated carbocycles. The third-order valence-electron chi connectivity index (χ3n) is 1.03. The van der Waals surface area contributed by atoms with Crippen molar-refractivity contribution in [1.82, 2.24) is 5.32 Å². The Hall–Kier alpha value is -0.830. The lowest BCUT2D eigenvalue weighted by Gasteiger charge is -1.96. The molecule has 0 aromatic heterocycles. The van der Waals surface area contributed by atoms with Crippen molar-refractivity contribution in [3.05, 3.63) is 11.8 Å². The number of hydrogen-bond acceptors (Lipinski definition) is 3. The molecule has 0 amide bonds. The van der Waals surface area contributed by atoms with Crippen molar-refractivity contribution in [2.75, 3.05) is 20.1 Å². The molecule has 0 bridgehead atoms. The van der Waals surface area contributed by atoms with Crippen LogP contribution < -0.4 is 11.1 Å². The molecule has 0 aliphatic heterocycles. The molecule has 0 aliphatic rings. The molecule has 0 saturated heterocycles. The van der Waals surface area contributed by atoms with E-state index >= 15 is 0 Å². The first-order chi connectivity index (χ1) is 4.85. The highest BCUT2D eigenvalue weighted by atomic mass is 14.8. The first kappa shape index (κ1) is 9.17. The van der Waals surface area contributed by atoms with Gasteiger partial charge < -0.3 is 11.1 Å². The minimum Gasteiger partial charge on any atom is -0.404 e. The molecule has 0 rings (SSSR count). The van der Waals surface area contributed by atoms with Crippen molar-refractivity contribution in [2.24, 2.45) is 10.7 Å². The molecule has 0 aliphatic carbocycles. The van der Waals surface area contributed by atoms with E-state index in [-0.39, 0.29) is 0 Å². The van der Waals surface area contributed by atoms with E-state index in [1.165, 1.54) is 0 Å². The summed E-state index contributed by atoms with van der Waals surface area (Å²) in [4.78, 5) is 4.05. The maximum atomic E-state index is 5.31. The number of nitrogens with zero attached hydrogens (tertiary/aromatic N) is 1. The predicted octanol–water partition coefficient (Wildman–Crippen LogP) is 0.139. The van der Waals surface area contributed by atoms with Gasteiger partial charge in [-0.25, -0.2) is 0 Å². The van der Waals surface area contributed by atoms with Crippen LogP contribution >= 0.6 is 0 Å². The second-order valence-electron chi connectivity index (χ2n) is 1.90. The molecule has 0 heterocycles. The summed E-state index contributed by atoms with van der Waals surface area (Å²) in [5.41, 5.74) is 6.32. The van der Waals surface area contributed by atoms with Crippen LogP contribution in [0.2, 0.25) is 0 Å². The number of nitrogens with one attached hydrogen (secondary N) is 1. The highest BCUT2D eigenvalue weighted by molar-refractivity contribution is 5.78. The van der Waals surface area contributed by atoms with Crippen molar-refractivity contribution in [3.63, 3.8) is 0 Å². The number of likely N-dealkylation sites (N-methyl/N-ethyl adjacent to an activating group) is 1. The summed E-state index contributed by atoms with van der Waals surface area (Å²) in [6.45, 7) is 3.57. The molecule has 0 unspecified atom stereocenters. The molecular weight excluding hydrogens is 126 g/mol. The third kappa shape index (κ3) is 4.09. The summed E-state index contributed by atoms with van der Waals surface area (Å²) in [6.07, 6.45) is 3.35. The molecule has 0 radical (unpaired) electrons. The summed E-state index contributed by atoms with van der Waals surface area (Å²) in [6, 6.07) is 0. The molecule has 58 valence electrons. The van der Waals surface area contributed by atoms with E-state index in [9.17, 15) is 0 Å². The lowest BCUT2D eigenvalue weighted by atomic mass is 10.3. The quantitative estimate of drug-likeness (QED) is 0.547. The fraction of sp³-hybridized carbons (Fsp3) is 0.571. The number of nitrogens with two attached hydrogens (primary N) is 1. The van der Waals surface area contributed by atoms with Crippen molar-refractivity contribution >= 4 is 6.21 Å². The number of hydrogen-bond donors (Lipinski definition) is 2. The highest BCUT2D eigenvalue weighted by Crippen LogP contribution is 1.83. The Kier molecular flexibility index (Phi) is 5.77. The number of aliphatic imine (C=N–C) groups is 1. The third-order valence-corrected chi connectivity index (χ3v) is 1.03. The van der Waals surface area contributed by atoms with Gasteiger partial charge in [0.15, 0.2) is 0 Å². The van der Waals surface area contributed by atoms with Crippen molar-refractivity contribution in [3.8, 4) is 0 Å². The van der Waals surface area contributed by atoms with E-state index in [0.29, 0.717) is 0 Å². The van der Waals surface area contributed by atoms with Gasteiger partial charge in [0.2, 0.25) is 0 Å². The summed E-state index contributed by atoms with van der Waals surface area (Å²) in [7, 11) is 1.88. The zero-order valence-corrected chi connectivity index (χ0v) is 6.59. The topological polar surface area (TPSA) is 50.4 Å². The zero-order chi connectivity index (χ0) is 7.82. The van der Waals surface area contributed by atoms with Crippen molar-refractivity contribution < 1.29 is 0 Å².